The summed E-state index contributed by atoms with van der Waals surface area (Å²) in [6.07, 6.45) is 3.57. The van der Waals surface area contributed by atoms with Gasteiger partial charge in [0.15, 0.2) is 11.5 Å². The van der Waals surface area contributed by atoms with Gasteiger partial charge in [-0.25, -0.2) is 0 Å². The molecule has 4 nitrogen and oxygen atoms in total. The van der Waals surface area contributed by atoms with E-state index in [0.717, 1.165) is 36.2 Å². The zero-order valence-electron chi connectivity index (χ0n) is 15.0. The fourth-order valence-electron chi connectivity index (χ4n) is 3.55. The Labute approximate surface area is 140 Å². The number of likely N-dealkylation sites (tertiary alicyclic amines) is 1. The standard InChI is InChI=1S/C19H31NO3/c1-15-12-16(2)14-20(13-15)10-5-6-11-23-19-17(21-3)8-7-9-18(19)22-4/h7-9,15-16H,5-6,10-14H2,1-4H3/t15-,16-/m0/s1. The Morgan fingerprint density at radius 1 is 1.00 bits per heavy atom. The number of unbranched alkanes of at least 4 members (excludes halogenated alkanes) is 1. The Kier molecular flexibility index (Phi) is 7.03. The Hall–Kier alpha value is -1.42. The van der Waals surface area contributed by atoms with Crippen LogP contribution in [0.2, 0.25) is 0 Å². The molecule has 23 heavy (non-hydrogen) atoms. The van der Waals surface area contributed by atoms with Gasteiger partial charge in [0.05, 0.1) is 20.8 Å². The zero-order valence-corrected chi connectivity index (χ0v) is 15.0. The molecule has 0 spiro atoms. The van der Waals surface area contributed by atoms with Crippen molar-refractivity contribution in [2.45, 2.75) is 33.1 Å². The summed E-state index contributed by atoms with van der Waals surface area (Å²) in [5.41, 5.74) is 0. The lowest BCUT2D eigenvalue weighted by atomic mass is 9.92. The van der Waals surface area contributed by atoms with Crippen molar-refractivity contribution in [2.24, 2.45) is 11.8 Å². The van der Waals surface area contributed by atoms with Crippen molar-refractivity contribution >= 4 is 0 Å². The SMILES string of the molecule is COc1cccc(OC)c1OCCCCN1C[C@@H](C)C[C@H](C)C1. The topological polar surface area (TPSA) is 30.9 Å². The van der Waals surface area contributed by atoms with E-state index < -0.39 is 0 Å². The lowest BCUT2D eigenvalue weighted by Gasteiger charge is -2.34. The van der Waals surface area contributed by atoms with E-state index in [1.165, 1.54) is 26.1 Å². The molecule has 0 N–H and O–H groups in total. The normalized spacial score (nSPS) is 21.9. The first-order chi connectivity index (χ1) is 11.1. The lowest BCUT2D eigenvalue weighted by Crippen LogP contribution is -2.39. The van der Waals surface area contributed by atoms with Crippen molar-refractivity contribution in [2.75, 3.05) is 40.5 Å². The van der Waals surface area contributed by atoms with Crippen LogP contribution in [-0.2, 0) is 0 Å². The predicted molar refractivity (Wildman–Crippen MR) is 93.7 cm³/mol. The summed E-state index contributed by atoms with van der Waals surface area (Å²) in [4.78, 5) is 2.60. The quantitative estimate of drug-likeness (QED) is 0.681. The first kappa shape index (κ1) is 17.9. The molecule has 0 amide bonds. The largest absolute Gasteiger partial charge is 0.493 e. The van der Waals surface area contributed by atoms with Crippen LogP contribution in [0, 0.1) is 11.8 Å². The summed E-state index contributed by atoms with van der Waals surface area (Å²) < 4.78 is 16.6. The highest BCUT2D eigenvalue weighted by molar-refractivity contribution is 5.51. The monoisotopic (exact) mass is 321 g/mol. The van der Waals surface area contributed by atoms with E-state index in [1.807, 2.05) is 18.2 Å². The molecule has 2 atom stereocenters. The van der Waals surface area contributed by atoms with Crippen LogP contribution in [-0.4, -0.2) is 45.4 Å². The summed E-state index contributed by atoms with van der Waals surface area (Å²) in [6.45, 7) is 9.06. The Morgan fingerprint density at radius 2 is 1.61 bits per heavy atom. The lowest BCUT2D eigenvalue weighted by molar-refractivity contribution is 0.136. The summed E-state index contributed by atoms with van der Waals surface area (Å²) in [7, 11) is 3.31. The van der Waals surface area contributed by atoms with Gasteiger partial charge in [0, 0.05) is 13.1 Å². The summed E-state index contributed by atoms with van der Waals surface area (Å²) in [5.74, 6) is 3.81. The van der Waals surface area contributed by atoms with Gasteiger partial charge in [0.25, 0.3) is 0 Å². The highest BCUT2D eigenvalue weighted by atomic mass is 16.5. The first-order valence-corrected chi connectivity index (χ1v) is 8.70. The molecule has 2 rings (SSSR count). The molecule has 1 aromatic rings. The fourth-order valence-corrected chi connectivity index (χ4v) is 3.55. The van der Waals surface area contributed by atoms with Crippen molar-refractivity contribution in [3.8, 4) is 17.2 Å². The van der Waals surface area contributed by atoms with Crippen LogP contribution in [0.3, 0.4) is 0 Å². The predicted octanol–water partition coefficient (Wildman–Crippen LogP) is 3.84. The molecule has 0 aliphatic carbocycles. The minimum atomic E-state index is 0.690. The van der Waals surface area contributed by atoms with E-state index in [-0.39, 0.29) is 0 Å². The van der Waals surface area contributed by atoms with Crippen molar-refractivity contribution < 1.29 is 14.2 Å². The van der Waals surface area contributed by atoms with Crippen molar-refractivity contribution in [3.63, 3.8) is 0 Å². The smallest absolute Gasteiger partial charge is 0.203 e. The van der Waals surface area contributed by atoms with Crippen molar-refractivity contribution in [3.05, 3.63) is 18.2 Å². The van der Waals surface area contributed by atoms with Gasteiger partial charge in [-0.1, -0.05) is 19.9 Å². The molecular formula is C19H31NO3. The third kappa shape index (κ3) is 5.31. The molecule has 1 aliphatic heterocycles. The van der Waals surface area contributed by atoms with Crippen LogP contribution in [0.15, 0.2) is 18.2 Å². The van der Waals surface area contributed by atoms with Crippen molar-refractivity contribution in [1.82, 2.24) is 4.90 Å². The maximum Gasteiger partial charge on any atom is 0.203 e. The van der Waals surface area contributed by atoms with Crippen molar-refractivity contribution in [1.29, 1.82) is 0 Å². The van der Waals surface area contributed by atoms with Crippen LogP contribution >= 0.6 is 0 Å². The first-order valence-electron chi connectivity index (χ1n) is 8.70. The summed E-state index contributed by atoms with van der Waals surface area (Å²) in [6, 6.07) is 5.70. The van der Waals surface area contributed by atoms with Gasteiger partial charge in [0.1, 0.15) is 0 Å². The minimum Gasteiger partial charge on any atom is -0.493 e. The third-order valence-electron chi connectivity index (χ3n) is 4.44. The number of ether oxygens (including phenoxy) is 3. The van der Waals surface area contributed by atoms with Crippen LogP contribution in [0.4, 0.5) is 0 Å². The Bertz CT molecular complexity index is 445. The van der Waals surface area contributed by atoms with Crippen LogP contribution in [0.1, 0.15) is 33.1 Å². The fraction of sp³-hybridized carbons (Fsp3) is 0.684. The van der Waals surface area contributed by atoms with Crippen LogP contribution in [0.25, 0.3) is 0 Å². The number of hydrogen-bond acceptors (Lipinski definition) is 4. The highest BCUT2D eigenvalue weighted by Gasteiger charge is 2.21. The molecule has 1 fully saturated rings. The molecule has 0 aromatic heterocycles. The summed E-state index contributed by atoms with van der Waals surface area (Å²) >= 11 is 0. The molecule has 1 aliphatic rings. The number of benzene rings is 1. The maximum atomic E-state index is 5.91. The number of nitrogens with zero attached hydrogens (tertiary/aromatic N) is 1. The molecule has 0 saturated carbocycles. The molecule has 1 saturated heterocycles. The minimum absolute atomic E-state index is 0.690. The van der Waals surface area contributed by atoms with Gasteiger partial charge in [-0.15, -0.1) is 0 Å². The van der Waals surface area contributed by atoms with Gasteiger partial charge in [0.2, 0.25) is 5.75 Å². The molecule has 1 aromatic carbocycles. The highest BCUT2D eigenvalue weighted by Crippen LogP contribution is 2.36. The van der Waals surface area contributed by atoms with E-state index in [4.69, 9.17) is 14.2 Å². The van der Waals surface area contributed by atoms with E-state index in [1.54, 1.807) is 14.2 Å². The molecule has 0 bridgehead atoms. The number of piperidine rings is 1. The van der Waals surface area contributed by atoms with E-state index in [0.29, 0.717) is 12.4 Å². The van der Waals surface area contributed by atoms with E-state index in [2.05, 4.69) is 18.7 Å². The molecule has 0 radical (unpaired) electrons. The van der Waals surface area contributed by atoms with Gasteiger partial charge in [-0.05, 0) is 49.8 Å². The zero-order chi connectivity index (χ0) is 16.7. The molecule has 4 heteroatoms. The number of methoxy groups -OCH3 is 2. The number of para-hydroxylation sites is 1. The van der Waals surface area contributed by atoms with Gasteiger partial charge in [-0.3, -0.25) is 0 Å². The molecule has 0 unspecified atom stereocenters. The van der Waals surface area contributed by atoms with E-state index >= 15 is 0 Å². The average molecular weight is 321 g/mol. The van der Waals surface area contributed by atoms with Gasteiger partial charge >= 0.3 is 0 Å². The second kappa shape index (κ2) is 9.02. The Balaban J connectivity index is 1.73. The number of hydrogen-bond donors (Lipinski definition) is 0. The van der Waals surface area contributed by atoms with E-state index in [9.17, 15) is 0 Å². The van der Waals surface area contributed by atoms with Gasteiger partial charge in [-0.2, -0.15) is 0 Å². The third-order valence-corrected chi connectivity index (χ3v) is 4.44. The Morgan fingerprint density at radius 3 is 2.17 bits per heavy atom. The summed E-state index contributed by atoms with van der Waals surface area (Å²) in [5, 5.41) is 0. The van der Waals surface area contributed by atoms with Gasteiger partial charge < -0.3 is 19.1 Å². The molecule has 130 valence electrons. The molecule has 1 heterocycles. The second-order valence-electron chi connectivity index (χ2n) is 6.75. The second-order valence-corrected chi connectivity index (χ2v) is 6.75. The maximum absolute atomic E-state index is 5.91. The van der Waals surface area contributed by atoms with Crippen LogP contribution < -0.4 is 14.2 Å². The number of rotatable bonds is 8. The average Bonchev–Trinajstić information content (AvgIpc) is 2.53. The van der Waals surface area contributed by atoms with Crippen LogP contribution in [0.5, 0.6) is 17.2 Å². The molecular weight excluding hydrogens is 290 g/mol.